The van der Waals surface area contributed by atoms with Crippen molar-refractivity contribution >= 4 is 29.2 Å². The fraction of sp³-hybridized carbons (Fsp3) is 0.381. The van der Waals surface area contributed by atoms with E-state index < -0.39 is 0 Å². The van der Waals surface area contributed by atoms with Gasteiger partial charge in [-0.15, -0.1) is 0 Å². The van der Waals surface area contributed by atoms with Gasteiger partial charge in [-0.05, 0) is 47.7 Å². The Kier molecular flexibility index (Phi) is 5.31. The first-order valence-corrected chi connectivity index (χ1v) is 9.82. The van der Waals surface area contributed by atoms with E-state index >= 15 is 0 Å². The van der Waals surface area contributed by atoms with E-state index in [1.807, 2.05) is 24.3 Å². The van der Waals surface area contributed by atoms with E-state index in [4.69, 9.17) is 32.7 Å². The number of hydrogen-bond acceptors (Lipinski definition) is 4. The van der Waals surface area contributed by atoms with Gasteiger partial charge in [-0.3, -0.25) is 9.69 Å². The predicted octanol–water partition coefficient (Wildman–Crippen LogP) is 4.66. The second kappa shape index (κ2) is 7.70. The van der Waals surface area contributed by atoms with Crippen molar-refractivity contribution in [1.82, 2.24) is 4.90 Å². The van der Waals surface area contributed by atoms with Gasteiger partial charge in [0.2, 0.25) is 0 Å². The van der Waals surface area contributed by atoms with Crippen molar-refractivity contribution in [3.05, 3.63) is 63.1 Å². The van der Waals surface area contributed by atoms with Gasteiger partial charge in [0, 0.05) is 19.6 Å². The number of aryl methyl sites for hydroxylation is 1. The topological polar surface area (TPSA) is 38.8 Å². The van der Waals surface area contributed by atoms with Gasteiger partial charge < -0.3 is 9.47 Å². The largest absolute Gasteiger partial charge is 0.485 e. The summed E-state index contributed by atoms with van der Waals surface area (Å²) in [4.78, 5) is 13.7. The molecular formula is C21H21Cl2NO3. The summed E-state index contributed by atoms with van der Waals surface area (Å²) in [5.74, 6) is 0.832. The molecule has 0 saturated carbocycles. The van der Waals surface area contributed by atoms with Crippen molar-refractivity contribution in [2.24, 2.45) is 5.92 Å². The van der Waals surface area contributed by atoms with Crippen LogP contribution in [0.25, 0.3) is 0 Å². The molecular weight excluding hydrogens is 385 g/mol. The lowest BCUT2D eigenvalue weighted by molar-refractivity contribution is -0.151. The van der Waals surface area contributed by atoms with Crippen LogP contribution >= 0.6 is 23.2 Å². The van der Waals surface area contributed by atoms with E-state index in [0.717, 1.165) is 43.8 Å². The van der Waals surface area contributed by atoms with Crippen molar-refractivity contribution in [1.29, 1.82) is 0 Å². The molecule has 0 spiro atoms. The number of carbonyl (C=O) groups is 1. The third-order valence-corrected chi connectivity index (χ3v) is 6.02. The summed E-state index contributed by atoms with van der Waals surface area (Å²) in [6.07, 6.45) is 1.86. The smallest absolute Gasteiger partial charge is 0.311 e. The molecule has 1 fully saturated rings. The second-order valence-electron chi connectivity index (χ2n) is 7.17. The molecule has 142 valence electrons. The van der Waals surface area contributed by atoms with Crippen LogP contribution in [0.2, 0.25) is 10.0 Å². The van der Waals surface area contributed by atoms with Crippen LogP contribution in [-0.2, 0) is 22.5 Å². The Morgan fingerprint density at radius 1 is 1.19 bits per heavy atom. The van der Waals surface area contributed by atoms with Crippen LogP contribution in [0.1, 0.15) is 29.2 Å². The first-order valence-electron chi connectivity index (χ1n) is 9.07. The van der Waals surface area contributed by atoms with Gasteiger partial charge in [0.05, 0.1) is 23.1 Å². The van der Waals surface area contributed by atoms with Crippen LogP contribution in [-0.4, -0.2) is 31.1 Å². The first kappa shape index (κ1) is 18.6. The maximum Gasteiger partial charge on any atom is 0.311 e. The van der Waals surface area contributed by atoms with Gasteiger partial charge in [0.25, 0.3) is 0 Å². The number of fused-ring (bicyclic) bond motifs is 1. The molecule has 2 aliphatic rings. The van der Waals surface area contributed by atoms with E-state index in [2.05, 4.69) is 17.0 Å². The zero-order chi connectivity index (χ0) is 19.0. The van der Waals surface area contributed by atoms with Crippen LogP contribution in [0.5, 0.6) is 5.75 Å². The van der Waals surface area contributed by atoms with Crippen molar-refractivity contribution in [2.75, 3.05) is 20.2 Å². The minimum absolute atomic E-state index is 0.00527. The molecule has 2 heterocycles. The zero-order valence-electron chi connectivity index (χ0n) is 15.1. The van der Waals surface area contributed by atoms with E-state index in [-0.39, 0.29) is 18.0 Å². The standard InChI is InChI=1S/C21H21Cl2NO3/c1-26-21(25)16-11-24(12-16)10-13-2-6-19-14(8-13)4-7-20(27-19)15-3-5-17(22)18(23)9-15/h2-3,5-6,8-9,16,20H,4,7,10-12H2,1H3. The van der Waals surface area contributed by atoms with Crippen molar-refractivity contribution in [3.8, 4) is 5.75 Å². The summed E-state index contributed by atoms with van der Waals surface area (Å²) < 4.78 is 11.0. The monoisotopic (exact) mass is 405 g/mol. The lowest BCUT2D eigenvalue weighted by Gasteiger charge is -2.37. The molecule has 2 aromatic carbocycles. The molecule has 0 aliphatic carbocycles. The van der Waals surface area contributed by atoms with Crippen LogP contribution < -0.4 is 4.74 Å². The molecule has 0 bridgehead atoms. The van der Waals surface area contributed by atoms with E-state index in [1.54, 1.807) is 0 Å². The maximum atomic E-state index is 11.5. The van der Waals surface area contributed by atoms with E-state index in [0.29, 0.717) is 10.0 Å². The number of esters is 1. The molecule has 27 heavy (non-hydrogen) atoms. The lowest BCUT2D eigenvalue weighted by Crippen LogP contribution is -2.49. The van der Waals surface area contributed by atoms with Crippen LogP contribution in [0.4, 0.5) is 0 Å². The highest BCUT2D eigenvalue weighted by atomic mass is 35.5. The Balaban J connectivity index is 1.40. The van der Waals surface area contributed by atoms with Gasteiger partial charge in [-0.1, -0.05) is 41.4 Å². The predicted molar refractivity (Wildman–Crippen MR) is 105 cm³/mol. The number of methoxy groups -OCH3 is 1. The Hall–Kier alpha value is -1.75. The number of benzene rings is 2. The summed E-state index contributed by atoms with van der Waals surface area (Å²) >= 11 is 12.1. The minimum Gasteiger partial charge on any atom is -0.485 e. The molecule has 0 N–H and O–H groups in total. The number of ether oxygens (including phenoxy) is 2. The molecule has 1 unspecified atom stereocenters. The minimum atomic E-state index is -0.113. The molecule has 2 aromatic rings. The number of hydrogen-bond donors (Lipinski definition) is 0. The summed E-state index contributed by atoms with van der Waals surface area (Å²) in [7, 11) is 1.44. The second-order valence-corrected chi connectivity index (χ2v) is 7.99. The van der Waals surface area contributed by atoms with E-state index in [1.165, 1.54) is 18.2 Å². The van der Waals surface area contributed by atoms with Gasteiger partial charge in [0.1, 0.15) is 11.9 Å². The normalized spacial score (nSPS) is 19.7. The summed E-state index contributed by atoms with van der Waals surface area (Å²) in [6.45, 7) is 2.37. The van der Waals surface area contributed by atoms with Crippen molar-refractivity contribution in [3.63, 3.8) is 0 Å². The molecule has 0 amide bonds. The molecule has 1 saturated heterocycles. The number of likely N-dealkylation sites (tertiary alicyclic amines) is 1. The third-order valence-electron chi connectivity index (χ3n) is 5.28. The highest BCUT2D eigenvalue weighted by molar-refractivity contribution is 6.42. The molecule has 4 rings (SSSR count). The summed E-state index contributed by atoms with van der Waals surface area (Å²) in [5, 5.41) is 1.11. The third kappa shape index (κ3) is 3.93. The molecule has 4 nitrogen and oxygen atoms in total. The number of carbonyl (C=O) groups excluding carboxylic acids is 1. The lowest BCUT2D eigenvalue weighted by atomic mass is 9.95. The van der Waals surface area contributed by atoms with Gasteiger partial charge in [-0.2, -0.15) is 0 Å². The molecule has 2 aliphatic heterocycles. The fourth-order valence-electron chi connectivity index (χ4n) is 3.76. The Morgan fingerprint density at radius 3 is 2.74 bits per heavy atom. The van der Waals surface area contributed by atoms with Gasteiger partial charge >= 0.3 is 5.97 Å². The SMILES string of the molecule is COC(=O)C1CN(Cc2ccc3c(c2)CCC(c2ccc(Cl)c(Cl)c2)O3)C1. The molecule has 1 atom stereocenters. The Morgan fingerprint density at radius 2 is 2.00 bits per heavy atom. The maximum absolute atomic E-state index is 11.5. The molecule has 0 radical (unpaired) electrons. The number of rotatable bonds is 4. The summed E-state index contributed by atoms with van der Waals surface area (Å²) in [6, 6.07) is 12.0. The quantitative estimate of drug-likeness (QED) is 0.693. The zero-order valence-corrected chi connectivity index (χ0v) is 16.6. The summed E-state index contributed by atoms with van der Waals surface area (Å²) in [5.41, 5.74) is 3.52. The first-order chi connectivity index (χ1) is 13.0. The highest BCUT2D eigenvalue weighted by Gasteiger charge is 2.33. The van der Waals surface area contributed by atoms with Crippen LogP contribution in [0.15, 0.2) is 36.4 Å². The van der Waals surface area contributed by atoms with Gasteiger partial charge in [-0.25, -0.2) is 0 Å². The molecule has 6 heteroatoms. The Labute approximate surface area is 169 Å². The fourth-order valence-corrected chi connectivity index (χ4v) is 4.07. The number of nitrogens with zero attached hydrogens (tertiary/aromatic N) is 1. The highest BCUT2D eigenvalue weighted by Crippen LogP contribution is 2.37. The van der Waals surface area contributed by atoms with Crippen LogP contribution in [0, 0.1) is 5.92 Å². The van der Waals surface area contributed by atoms with E-state index in [9.17, 15) is 4.79 Å². The van der Waals surface area contributed by atoms with Crippen LogP contribution in [0.3, 0.4) is 0 Å². The molecule has 0 aromatic heterocycles. The van der Waals surface area contributed by atoms with Gasteiger partial charge in [0.15, 0.2) is 0 Å². The van der Waals surface area contributed by atoms with Crippen molar-refractivity contribution < 1.29 is 14.3 Å². The van der Waals surface area contributed by atoms with Crippen molar-refractivity contribution in [2.45, 2.75) is 25.5 Å². The number of halogens is 2. The average molecular weight is 406 g/mol. The average Bonchev–Trinajstić information content (AvgIpc) is 2.65. The Bertz CT molecular complexity index is 865.